The summed E-state index contributed by atoms with van der Waals surface area (Å²) in [5, 5.41) is 3.94. The molecule has 0 unspecified atom stereocenters. The highest BCUT2D eigenvalue weighted by molar-refractivity contribution is 7.20. The maximum absolute atomic E-state index is 13.5. The van der Waals surface area contributed by atoms with Crippen LogP contribution in [0.1, 0.15) is 56.4 Å². The van der Waals surface area contributed by atoms with Crippen molar-refractivity contribution in [3.63, 3.8) is 0 Å². The number of methoxy groups -OCH3 is 1. The predicted molar refractivity (Wildman–Crippen MR) is 158 cm³/mol. The number of benzene rings is 2. The molecule has 1 aliphatic carbocycles. The van der Waals surface area contributed by atoms with Crippen LogP contribution >= 0.6 is 11.3 Å². The lowest BCUT2D eigenvalue weighted by molar-refractivity contribution is -0.119. The van der Waals surface area contributed by atoms with Crippen LogP contribution in [-0.4, -0.2) is 54.5 Å². The minimum atomic E-state index is -0.555. The van der Waals surface area contributed by atoms with Crippen molar-refractivity contribution >= 4 is 45.1 Å². The zero-order valence-electron chi connectivity index (χ0n) is 23.1. The Balaban J connectivity index is 1.25. The molecule has 0 saturated heterocycles. The van der Waals surface area contributed by atoms with Crippen LogP contribution in [0.15, 0.2) is 48.5 Å². The highest BCUT2D eigenvalue weighted by Crippen LogP contribution is 2.45. The highest BCUT2D eigenvalue weighted by atomic mass is 32.1. The van der Waals surface area contributed by atoms with Gasteiger partial charge in [-0.1, -0.05) is 49.4 Å². The number of anilines is 1. The number of pyridine rings is 1. The first-order valence-electron chi connectivity index (χ1n) is 13.9. The van der Waals surface area contributed by atoms with Gasteiger partial charge >= 0.3 is 11.9 Å². The molecule has 3 heterocycles. The van der Waals surface area contributed by atoms with Crippen molar-refractivity contribution in [1.29, 1.82) is 0 Å². The van der Waals surface area contributed by atoms with Gasteiger partial charge in [-0.2, -0.15) is 0 Å². The number of thiophene rings is 1. The molecule has 0 saturated carbocycles. The number of carbonyl (C=O) groups is 3. The lowest BCUT2D eigenvalue weighted by Gasteiger charge is -2.29. The zero-order valence-corrected chi connectivity index (χ0v) is 23.9. The van der Waals surface area contributed by atoms with E-state index in [1.165, 1.54) is 24.0 Å². The molecule has 0 fully saturated rings. The molecule has 8 nitrogen and oxygen atoms in total. The number of carbonyl (C=O) groups excluding carboxylic acids is 3. The number of nitrogens with one attached hydrogen (secondary N) is 1. The largest absolute Gasteiger partial charge is 0.465 e. The summed E-state index contributed by atoms with van der Waals surface area (Å²) in [7, 11) is 1.33. The van der Waals surface area contributed by atoms with Crippen LogP contribution in [0.3, 0.4) is 0 Å². The SMILES string of the molecule is CCCN1CCc2nc3ccccc3c(C(=O)OCC(=O)Nc3sc4c(c3C(=O)OC)CCc3ccccc3-4)c2C1. The van der Waals surface area contributed by atoms with Gasteiger partial charge in [0.1, 0.15) is 5.00 Å². The summed E-state index contributed by atoms with van der Waals surface area (Å²) in [4.78, 5) is 47.5. The number of rotatable bonds is 7. The molecule has 0 atom stereocenters. The standard InChI is InChI=1S/C32H31N3O5S/c1-3-15-35-16-14-25-23(17-35)27(21-10-6-7-11-24(21)33-25)32(38)40-18-26(36)34-30-28(31(37)39-2)22-13-12-19-8-4-5-9-20(19)29(22)41-30/h4-11H,3,12-18H2,1-2H3,(H,34,36). The van der Waals surface area contributed by atoms with Crippen molar-refractivity contribution in [3.8, 4) is 10.4 Å². The lowest BCUT2D eigenvalue weighted by Crippen LogP contribution is -2.33. The predicted octanol–water partition coefficient (Wildman–Crippen LogP) is 5.41. The Morgan fingerprint density at radius 1 is 0.976 bits per heavy atom. The van der Waals surface area contributed by atoms with Gasteiger partial charge in [0.2, 0.25) is 0 Å². The summed E-state index contributed by atoms with van der Waals surface area (Å²) >= 11 is 1.35. The average molecular weight is 570 g/mol. The van der Waals surface area contributed by atoms with Gasteiger partial charge in [-0.3, -0.25) is 14.7 Å². The third kappa shape index (κ3) is 5.11. The third-order valence-corrected chi connectivity index (χ3v) is 8.94. The smallest absolute Gasteiger partial charge is 0.341 e. The summed E-state index contributed by atoms with van der Waals surface area (Å²) in [5.74, 6) is -1.57. The second-order valence-electron chi connectivity index (χ2n) is 10.3. The fraction of sp³-hybridized carbons (Fsp3) is 0.312. The Hall–Kier alpha value is -4.08. The van der Waals surface area contributed by atoms with Crippen LogP contribution in [0.25, 0.3) is 21.3 Å². The Bertz CT molecular complexity index is 1680. The number of esters is 2. The van der Waals surface area contributed by atoms with Gasteiger partial charge in [-0.05, 0) is 48.6 Å². The van der Waals surface area contributed by atoms with Crippen LogP contribution in [-0.2, 0) is 40.1 Å². The summed E-state index contributed by atoms with van der Waals surface area (Å²) in [6.07, 6.45) is 3.24. The number of hydrogen-bond donors (Lipinski definition) is 1. The van der Waals surface area contributed by atoms with E-state index in [9.17, 15) is 14.4 Å². The molecule has 2 aromatic carbocycles. The van der Waals surface area contributed by atoms with Crippen molar-refractivity contribution in [1.82, 2.24) is 9.88 Å². The molecule has 0 spiro atoms. The normalized spacial score (nSPS) is 14.1. The van der Waals surface area contributed by atoms with E-state index in [4.69, 9.17) is 14.5 Å². The maximum atomic E-state index is 13.5. The number of aromatic nitrogens is 1. The average Bonchev–Trinajstić information content (AvgIpc) is 3.36. The Morgan fingerprint density at radius 3 is 2.61 bits per heavy atom. The van der Waals surface area contributed by atoms with Crippen LogP contribution in [0.4, 0.5) is 5.00 Å². The molecular weight excluding hydrogens is 538 g/mol. The van der Waals surface area contributed by atoms with Gasteiger partial charge in [-0.25, -0.2) is 9.59 Å². The number of aryl methyl sites for hydroxylation is 1. The molecule has 1 N–H and O–H groups in total. The fourth-order valence-electron chi connectivity index (χ4n) is 5.90. The molecule has 1 amide bonds. The molecule has 6 rings (SSSR count). The summed E-state index contributed by atoms with van der Waals surface area (Å²) < 4.78 is 10.7. The first-order chi connectivity index (χ1) is 20.0. The molecule has 0 bridgehead atoms. The number of ether oxygens (including phenoxy) is 2. The van der Waals surface area contributed by atoms with E-state index in [-0.39, 0.29) is 0 Å². The summed E-state index contributed by atoms with van der Waals surface area (Å²) in [6.45, 7) is 4.09. The van der Waals surface area contributed by atoms with Crippen LogP contribution < -0.4 is 5.32 Å². The van der Waals surface area contributed by atoms with Crippen molar-refractivity contribution in [2.45, 2.75) is 39.2 Å². The van der Waals surface area contributed by atoms with Gasteiger partial charge in [0, 0.05) is 41.0 Å². The van der Waals surface area contributed by atoms with Crippen LogP contribution in [0.5, 0.6) is 0 Å². The Morgan fingerprint density at radius 2 is 1.78 bits per heavy atom. The van der Waals surface area contributed by atoms with Gasteiger partial charge in [-0.15, -0.1) is 11.3 Å². The number of para-hydroxylation sites is 1. The van der Waals surface area contributed by atoms with E-state index in [0.29, 0.717) is 34.5 Å². The number of nitrogens with zero attached hydrogens (tertiary/aromatic N) is 2. The molecule has 1 aliphatic heterocycles. The van der Waals surface area contributed by atoms with Crippen molar-refractivity contribution in [2.24, 2.45) is 0 Å². The molecule has 0 radical (unpaired) electrons. The van der Waals surface area contributed by atoms with Crippen LogP contribution in [0.2, 0.25) is 0 Å². The second-order valence-corrected chi connectivity index (χ2v) is 11.4. The quantitative estimate of drug-likeness (QED) is 0.297. The van der Waals surface area contributed by atoms with Gasteiger partial charge in [0.05, 0.1) is 23.8 Å². The monoisotopic (exact) mass is 569 g/mol. The first-order valence-corrected chi connectivity index (χ1v) is 14.7. The Kier molecular flexibility index (Phi) is 7.55. The van der Waals surface area contributed by atoms with E-state index in [0.717, 1.165) is 65.1 Å². The summed E-state index contributed by atoms with van der Waals surface area (Å²) in [5.41, 5.74) is 6.48. The lowest BCUT2D eigenvalue weighted by atomic mass is 9.89. The number of amides is 1. The van der Waals surface area contributed by atoms with E-state index >= 15 is 0 Å². The molecule has 4 aromatic rings. The van der Waals surface area contributed by atoms with E-state index in [1.54, 1.807) is 0 Å². The van der Waals surface area contributed by atoms with Crippen molar-refractivity contribution in [3.05, 3.63) is 82.0 Å². The minimum Gasteiger partial charge on any atom is -0.465 e. The zero-order chi connectivity index (χ0) is 28.5. The molecular formula is C32H31N3O5S. The maximum Gasteiger partial charge on any atom is 0.341 e. The Labute approximate surface area is 242 Å². The highest BCUT2D eigenvalue weighted by Gasteiger charge is 2.30. The van der Waals surface area contributed by atoms with E-state index < -0.39 is 24.5 Å². The van der Waals surface area contributed by atoms with Crippen LogP contribution in [0, 0.1) is 0 Å². The number of hydrogen-bond acceptors (Lipinski definition) is 8. The molecule has 2 aromatic heterocycles. The van der Waals surface area contributed by atoms with Gasteiger partial charge in [0.25, 0.3) is 5.91 Å². The fourth-order valence-corrected chi connectivity index (χ4v) is 7.21. The van der Waals surface area contributed by atoms with Crippen molar-refractivity contribution < 1.29 is 23.9 Å². The molecule has 210 valence electrons. The number of fused-ring (bicyclic) bond motifs is 5. The molecule has 41 heavy (non-hydrogen) atoms. The van der Waals surface area contributed by atoms with E-state index in [2.05, 4.69) is 23.2 Å². The van der Waals surface area contributed by atoms with Crippen molar-refractivity contribution in [2.75, 3.05) is 32.1 Å². The third-order valence-electron chi connectivity index (χ3n) is 7.76. The van der Waals surface area contributed by atoms with E-state index in [1.807, 2.05) is 42.5 Å². The molecule has 9 heteroatoms. The molecule has 2 aliphatic rings. The minimum absolute atomic E-state index is 0.367. The topological polar surface area (TPSA) is 97.8 Å². The van der Waals surface area contributed by atoms with Gasteiger partial charge < -0.3 is 14.8 Å². The van der Waals surface area contributed by atoms with Gasteiger partial charge in [0.15, 0.2) is 6.61 Å². The summed E-state index contributed by atoms with van der Waals surface area (Å²) in [6, 6.07) is 15.6. The first kappa shape index (κ1) is 27.1. The second kappa shape index (κ2) is 11.4.